The Morgan fingerprint density at radius 2 is 2.09 bits per heavy atom. The summed E-state index contributed by atoms with van der Waals surface area (Å²) in [5.74, 6) is 0.0915. The van der Waals surface area contributed by atoms with Crippen molar-refractivity contribution in [3.8, 4) is 5.75 Å². The van der Waals surface area contributed by atoms with Gasteiger partial charge in [0.05, 0.1) is 36.4 Å². The molecular weight excluding hydrogens is 425 g/mol. The van der Waals surface area contributed by atoms with E-state index in [1.807, 2.05) is 0 Å². The van der Waals surface area contributed by atoms with E-state index in [2.05, 4.69) is 15.5 Å². The highest BCUT2D eigenvalue weighted by Gasteiger charge is 2.26. The third-order valence-corrected chi connectivity index (χ3v) is 5.51. The number of nitrogens with one attached hydrogen (secondary N) is 2. The lowest BCUT2D eigenvalue weighted by molar-refractivity contribution is 0.0133. The number of benzene rings is 1. The van der Waals surface area contributed by atoms with Crippen LogP contribution in [0.3, 0.4) is 0 Å². The van der Waals surface area contributed by atoms with Crippen LogP contribution in [0, 0.1) is 11.2 Å². The van der Waals surface area contributed by atoms with E-state index in [-0.39, 0.29) is 24.0 Å². The van der Waals surface area contributed by atoms with Gasteiger partial charge in [0.25, 0.3) is 0 Å². The minimum Gasteiger partial charge on any atom is -0.482 e. The van der Waals surface area contributed by atoms with E-state index in [4.69, 9.17) is 31.3 Å². The van der Waals surface area contributed by atoms with Gasteiger partial charge in [0, 0.05) is 36.4 Å². The number of hydrogen-bond donors (Lipinski definition) is 4. The van der Waals surface area contributed by atoms with Gasteiger partial charge in [-0.1, -0.05) is 0 Å². The van der Waals surface area contributed by atoms with Gasteiger partial charge in [0.2, 0.25) is 0 Å². The van der Waals surface area contributed by atoms with Crippen LogP contribution in [-0.4, -0.2) is 48.4 Å². The summed E-state index contributed by atoms with van der Waals surface area (Å²) in [4.78, 5) is 9.12. The monoisotopic (exact) mass is 451 g/mol. The molecule has 2 bridgehead atoms. The van der Waals surface area contributed by atoms with Crippen molar-refractivity contribution in [1.29, 1.82) is 5.41 Å². The Bertz CT molecular complexity index is 1170. The molecule has 172 valence electrons. The fourth-order valence-electron chi connectivity index (χ4n) is 3.73. The average molecular weight is 452 g/mol. The first kappa shape index (κ1) is 22.4. The molecule has 1 aromatic heterocycles. The molecule has 2 aliphatic heterocycles. The summed E-state index contributed by atoms with van der Waals surface area (Å²) in [5, 5.41) is 13.2. The second-order valence-electron chi connectivity index (χ2n) is 7.79. The molecule has 3 heterocycles. The largest absolute Gasteiger partial charge is 0.482 e. The van der Waals surface area contributed by atoms with Crippen molar-refractivity contribution in [2.24, 2.45) is 15.8 Å². The Morgan fingerprint density at radius 3 is 2.76 bits per heavy atom. The molecule has 0 aliphatic carbocycles. The SMILES string of the molecule is CN/N=C1/CC(=CN)C(=NC2COC2)c2cnc(N)c(c2)OC(C)c2cc(F)ccc2C1=N. The minimum atomic E-state index is -0.615. The number of pyridine rings is 1. The number of nitrogens with zero attached hydrogens (tertiary/aromatic N) is 3. The highest BCUT2D eigenvalue weighted by atomic mass is 19.1. The van der Waals surface area contributed by atoms with E-state index in [1.165, 1.54) is 18.3 Å². The summed E-state index contributed by atoms with van der Waals surface area (Å²) < 4.78 is 25.6. The van der Waals surface area contributed by atoms with Crippen LogP contribution in [0.15, 0.2) is 52.3 Å². The number of nitrogens with two attached hydrogens (primary N) is 2. The molecule has 0 radical (unpaired) electrons. The van der Waals surface area contributed by atoms with Crippen molar-refractivity contribution in [2.45, 2.75) is 25.5 Å². The highest BCUT2D eigenvalue weighted by Crippen LogP contribution is 2.31. The fourth-order valence-corrected chi connectivity index (χ4v) is 3.73. The van der Waals surface area contributed by atoms with Crippen molar-refractivity contribution in [3.63, 3.8) is 0 Å². The maximum atomic E-state index is 14.2. The summed E-state index contributed by atoms with van der Waals surface area (Å²) in [6.07, 6.45) is 2.66. The predicted molar refractivity (Wildman–Crippen MR) is 125 cm³/mol. The average Bonchev–Trinajstić information content (AvgIpc) is 2.77. The third kappa shape index (κ3) is 4.56. The number of nitrogen functional groups attached to an aromatic ring is 1. The first-order chi connectivity index (χ1) is 15.9. The van der Waals surface area contributed by atoms with Crippen LogP contribution in [0.2, 0.25) is 0 Å². The number of halogens is 1. The van der Waals surface area contributed by atoms with Crippen molar-refractivity contribution in [2.75, 3.05) is 26.0 Å². The summed E-state index contributed by atoms with van der Waals surface area (Å²) in [6, 6.07) is 5.95. The number of rotatable bonds is 2. The lowest BCUT2D eigenvalue weighted by Crippen LogP contribution is -2.33. The summed E-state index contributed by atoms with van der Waals surface area (Å²) in [5.41, 5.74) is 18.3. The lowest BCUT2D eigenvalue weighted by atomic mass is 9.91. The van der Waals surface area contributed by atoms with Crippen LogP contribution in [-0.2, 0) is 4.74 Å². The van der Waals surface area contributed by atoms with E-state index >= 15 is 0 Å². The van der Waals surface area contributed by atoms with Gasteiger partial charge in [0.15, 0.2) is 11.6 Å². The molecular formula is C23H26FN7O2. The van der Waals surface area contributed by atoms with Crippen molar-refractivity contribution >= 4 is 23.0 Å². The molecule has 1 saturated heterocycles. The topological polar surface area (TPSA) is 144 Å². The normalized spacial score (nSPS) is 22.8. The third-order valence-electron chi connectivity index (χ3n) is 5.51. The molecule has 4 rings (SSSR count). The minimum absolute atomic E-state index is 0.0171. The number of fused-ring (bicyclic) bond motifs is 3. The highest BCUT2D eigenvalue weighted by molar-refractivity contribution is 6.48. The smallest absolute Gasteiger partial charge is 0.166 e. The second kappa shape index (κ2) is 9.37. The van der Waals surface area contributed by atoms with E-state index in [1.54, 1.807) is 32.3 Å². The molecule has 0 amide bonds. The molecule has 0 saturated carbocycles. The number of aliphatic imine (C=N–C) groups is 1. The predicted octanol–water partition coefficient (Wildman–Crippen LogP) is 2.32. The first-order valence-corrected chi connectivity index (χ1v) is 10.5. The van der Waals surface area contributed by atoms with Gasteiger partial charge in [-0.3, -0.25) is 10.4 Å². The zero-order valence-corrected chi connectivity index (χ0v) is 18.4. The molecule has 33 heavy (non-hydrogen) atoms. The van der Waals surface area contributed by atoms with Gasteiger partial charge in [-0.2, -0.15) is 5.10 Å². The molecule has 2 aliphatic rings. The summed E-state index contributed by atoms with van der Waals surface area (Å²) in [6.45, 7) is 2.79. The number of hydrazone groups is 1. The Morgan fingerprint density at radius 1 is 1.30 bits per heavy atom. The van der Waals surface area contributed by atoms with Gasteiger partial charge in [-0.25, -0.2) is 9.37 Å². The van der Waals surface area contributed by atoms with E-state index in [9.17, 15) is 4.39 Å². The Labute approximate surface area is 190 Å². The maximum absolute atomic E-state index is 14.2. The van der Waals surface area contributed by atoms with E-state index in [0.29, 0.717) is 52.7 Å². The van der Waals surface area contributed by atoms with Gasteiger partial charge >= 0.3 is 0 Å². The van der Waals surface area contributed by atoms with Crippen LogP contribution in [0.4, 0.5) is 10.2 Å². The number of aromatic nitrogens is 1. The van der Waals surface area contributed by atoms with Crippen LogP contribution in [0.25, 0.3) is 0 Å². The summed E-state index contributed by atoms with van der Waals surface area (Å²) in [7, 11) is 1.65. The Balaban J connectivity index is 1.93. The first-order valence-electron chi connectivity index (χ1n) is 10.5. The summed E-state index contributed by atoms with van der Waals surface area (Å²) >= 11 is 0. The van der Waals surface area contributed by atoms with Crippen LogP contribution in [0.1, 0.15) is 36.1 Å². The molecule has 1 unspecified atom stereocenters. The standard InChI is InChI=1S/C23H26FN7O2/c1-12-18-7-15(24)3-4-17(18)21(26)19(31-28-2)5-13(8-25)22(30-16-10-32-11-16)14-6-20(33-12)23(27)29-9-14/h3-4,6-9,12,16,26,28H,5,10-11,25H2,1-2H3,(H2,27,29)/b13-8?,26-21?,30-22?,31-19-. The van der Waals surface area contributed by atoms with Crippen LogP contribution >= 0.6 is 0 Å². The number of hydrogen-bond acceptors (Lipinski definition) is 9. The molecule has 10 heteroatoms. The molecule has 9 nitrogen and oxygen atoms in total. The molecule has 0 spiro atoms. The molecule has 1 fully saturated rings. The van der Waals surface area contributed by atoms with Crippen LogP contribution < -0.4 is 21.6 Å². The lowest BCUT2D eigenvalue weighted by Gasteiger charge is -2.25. The maximum Gasteiger partial charge on any atom is 0.166 e. The van der Waals surface area contributed by atoms with Gasteiger partial charge < -0.3 is 26.4 Å². The fraction of sp³-hybridized carbons (Fsp3) is 0.304. The quantitative estimate of drug-likeness (QED) is 0.516. The van der Waals surface area contributed by atoms with Gasteiger partial charge in [-0.05, 0) is 43.0 Å². The number of allylic oxidation sites excluding steroid dienone is 1. The van der Waals surface area contributed by atoms with Crippen molar-refractivity contribution in [3.05, 3.63) is 64.7 Å². The Hall–Kier alpha value is -3.79. The molecule has 1 atom stereocenters. The number of ether oxygens (including phenoxy) is 2. The second-order valence-corrected chi connectivity index (χ2v) is 7.79. The zero-order chi connectivity index (χ0) is 23.5. The Kier molecular flexibility index (Phi) is 6.36. The van der Waals surface area contributed by atoms with E-state index in [0.717, 1.165) is 0 Å². The van der Waals surface area contributed by atoms with Crippen LogP contribution in [0.5, 0.6) is 5.75 Å². The molecule has 1 aromatic carbocycles. The zero-order valence-electron chi connectivity index (χ0n) is 18.4. The molecule has 2 aromatic rings. The molecule has 6 N–H and O–H groups in total. The van der Waals surface area contributed by atoms with E-state index < -0.39 is 11.9 Å². The van der Waals surface area contributed by atoms with Crippen molar-refractivity contribution < 1.29 is 13.9 Å². The number of anilines is 1. The van der Waals surface area contributed by atoms with Crippen molar-refractivity contribution in [1.82, 2.24) is 10.4 Å². The van der Waals surface area contributed by atoms with Gasteiger partial charge in [-0.15, -0.1) is 0 Å². The van der Waals surface area contributed by atoms with Gasteiger partial charge in [0.1, 0.15) is 11.9 Å².